The number of hydrogen-bond acceptors (Lipinski definition) is 6. The maximum Gasteiger partial charge on any atom is 0.410 e. The van der Waals surface area contributed by atoms with E-state index >= 15 is 0 Å². The summed E-state index contributed by atoms with van der Waals surface area (Å²) in [7, 11) is 1.71. The minimum atomic E-state index is -0.530. The van der Waals surface area contributed by atoms with E-state index in [2.05, 4.69) is 9.97 Å². The number of aromatic nitrogens is 2. The molecule has 0 saturated carbocycles. The quantitative estimate of drug-likeness (QED) is 0.845. The first-order valence-electron chi connectivity index (χ1n) is 9.33. The summed E-state index contributed by atoms with van der Waals surface area (Å²) in [6.07, 6.45) is 0.851. The van der Waals surface area contributed by atoms with E-state index in [-0.39, 0.29) is 30.0 Å². The zero-order valence-electron chi connectivity index (χ0n) is 16.7. The highest BCUT2D eigenvalue weighted by Gasteiger charge is 2.31. The summed E-state index contributed by atoms with van der Waals surface area (Å²) in [5, 5.41) is 1.82. The van der Waals surface area contributed by atoms with E-state index in [1.54, 1.807) is 22.9 Å². The predicted octanol–water partition coefficient (Wildman–Crippen LogP) is 2.59. The number of nitrogens with one attached hydrogen (secondary N) is 1. The lowest BCUT2D eigenvalue weighted by molar-refractivity contribution is -0.136. The van der Waals surface area contributed by atoms with Crippen molar-refractivity contribution in [2.24, 2.45) is 5.92 Å². The molecule has 0 bridgehead atoms. The highest BCUT2D eigenvalue weighted by Crippen LogP contribution is 2.22. The van der Waals surface area contributed by atoms with Gasteiger partial charge in [0.1, 0.15) is 16.1 Å². The van der Waals surface area contributed by atoms with Crippen molar-refractivity contribution in [3.8, 4) is 0 Å². The molecule has 1 fully saturated rings. The fourth-order valence-electron chi connectivity index (χ4n) is 3.25. The predicted molar refractivity (Wildman–Crippen MR) is 107 cm³/mol. The van der Waals surface area contributed by atoms with Gasteiger partial charge in [-0.25, -0.2) is 9.78 Å². The SMILES string of the molecule is CN(Cc1nc2ccsc2c(=O)[nH]1)C(=O)C1CCN(C(=O)OC(C)(C)C)CC1. The fraction of sp³-hybridized carbons (Fsp3) is 0.579. The van der Waals surface area contributed by atoms with Gasteiger partial charge in [-0.05, 0) is 45.1 Å². The number of nitrogens with zero attached hydrogens (tertiary/aromatic N) is 3. The molecule has 0 aliphatic carbocycles. The van der Waals surface area contributed by atoms with E-state index in [4.69, 9.17) is 4.74 Å². The van der Waals surface area contributed by atoms with Gasteiger partial charge in [0.05, 0.1) is 12.1 Å². The summed E-state index contributed by atoms with van der Waals surface area (Å²) < 4.78 is 5.98. The number of fused-ring (bicyclic) bond motifs is 1. The molecular weight excluding hydrogens is 380 g/mol. The Morgan fingerprint density at radius 1 is 1.36 bits per heavy atom. The summed E-state index contributed by atoms with van der Waals surface area (Å²) >= 11 is 1.35. The Bertz CT molecular complexity index is 922. The van der Waals surface area contributed by atoms with E-state index in [1.165, 1.54) is 11.3 Å². The number of piperidine rings is 1. The topological polar surface area (TPSA) is 95.6 Å². The van der Waals surface area contributed by atoms with Crippen molar-refractivity contribution in [2.75, 3.05) is 20.1 Å². The Kier molecular flexibility index (Phi) is 5.74. The Labute approximate surface area is 167 Å². The lowest BCUT2D eigenvalue weighted by Gasteiger charge is -2.34. The molecule has 152 valence electrons. The molecule has 2 aromatic heterocycles. The third kappa shape index (κ3) is 4.70. The number of amides is 2. The average Bonchev–Trinajstić information content (AvgIpc) is 3.09. The van der Waals surface area contributed by atoms with Crippen LogP contribution in [0.15, 0.2) is 16.2 Å². The van der Waals surface area contributed by atoms with Crippen molar-refractivity contribution in [2.45, 2.75) is 45.8 Å². The van der Waals surface area contributed by atoms with Crippen LogP contribution in [0.5, 0.6) is 0 Å². The van der Waals surface area contributed by atoms with Crippen LogP contribution in [0.2, 0.25) is 0 Å². The molecule has 3 heterocycles. The summed E-state index contributed by atoms with van der Waals surface area (Å²) in [6, 6.07) is 1.80. The molecule has 8 nitrogen and oxygen atoms in total. The first-order valence-corrected chi connectivity index (χ1v) is 10.2. The van der Waals surface area contributed by atoms with Crippen LogP contribution in [-0.4, -0.2) is 57.5 Å². The highest BCUT2D eigenvalue weighted by atomic mass is 32.1. The molecular formula is C19H26N4O4S. The highest BCUT2D eigenvalue weighted by molar-refractivity contribution is 7.17. The van der Waals surface area contributed by atoms with Crippen molar-refractivity contribution in [1.82, 2.24) is 19.8 Å². The van der Waals surface area contributed by atoms with E-state index < -0.39 is 5.60 Å². The van der Waals surface area contributed by atoms with Crippen molar-refractivity contribution in [3.05, 3.63) is 27.6 Å². The molecule has 3 rings (SSSR count). The number of ether oxygens (including phenoxy) is 1. The number of hydrogen-bond donors (Lipinski definition) is 1. The molecule has 1 saturated heterocycles. The summed E-state index contributed by atoms with van der Waals surface area (Å²) in [5.41, 5.74) is -0.0611. The van der Waals surface area contributed by atoms with Crippen LogP contribution in [0.1, 0.15) is 39.4 Å². The van der Waals surface area contributed by atoms with E-state index in [0.717, 1.165) is 0 Å². The van der Waals surface area contributed by atoms with Crippen LogP contribution in [0.25, 0.3) is 10.2 Å². The average molecular weight is 407 g/mol. The van der Waals surface area contributed by atoms with Gasteiger partial charge in [0.2, 0.25) is 5.91 Å². The first-order chi connectivity index (χ1) is 13.1. The monoisotopic (exact) mass is 406 g/mol. The zero-order chi connectivity index (χ0) is 20.5. The van der Waals surface area contributed by atoms with Gasteiger partial charge >= 0.3 is 6.09 Å². The third-order valence-electron chi connectivity index (χ3n) is 4.62. The van der Waals surface area contributed by atoms with Crippen molar-refractivity contribution < 1.29 is 14.3 Å². The van der Waals surface area contributed by atoms with Crippen molar-refractivity contribution >= 4 is 33.6 Å². The number of H-pyrrole nitrogens is 1. The van der Waals surface area contributed by atoms with Gasteiger partial charge in [-0.3, -0.25) is 9.59 Å². The normalized spacial score (nSPS) is 15.6. The lowest BCUT2D eigenvalue weighted by Crippen LogP contribution is -2.45. The maximum atomic E-state index is 12.8. The number of rotatable bonds is 3. The third-order valence-corrected chi connectivity index (χ3v) is 5.53. The van der Waals surface area contributed by atoms with Gasteiger partial charge in [0.25, 0.3) is 5.56 Å². The molecule has 1 aliphatic heterocycles. The van der Waals surface area contributed by atoms with Crippen LogP contribution in [0.4, 0.5) is 4.79 Å². The molecule has 2 amide bonds. The Morgan fingerprint density at radius 2 is 2.04 bits per heavy atom. The summed E-state index contributed by atoms with van der Waals surface area (Å²) in [5.74, 6) is 0.315. The number of thiophene rings is 1. The fourth-order valence-corrected chi connectivity index (χ4v) is 3.97. The van der Waals surface area contributed by atoms with Crippen LogP contribution in [0.3, 0.4) is 0 Å². The molecule has 0 radical (unpaired) electrons. The standard InChI is InChI=1S/C19H26N4O4S/c1-19(2,3)27-18(26)23-8-5-12(6-9-23)17(25)22(4)11-14-20-13-7-10-28-15(13)16(24)21-14/h7,10,12H,5-6,8-9,11H2,1-4H3,(H,20,21,24). The van der Waals surface area contributed by atoms with Gasteiger partial charge in [-0.15, -0.1) is 11.3 Å². The molecule has 0 spiro atoms. The second-order valence-electron chi connectivity index (χ2n) is 8.08. The second kappa shape index (κ2) is 7.90. The molecule has 0 atom stereocenters. The van der Waals surface area contributed by atoms with Gasteiger partial charge in [-0.2, -0.15) is 0 Å². The summed E-state index contributed by atoms with van der Waals surface area (Å²) in [4.78, 5) is 47.4. The molecule has 0 aromatic carbocycles. The van der Waals surface area contributed by atoms with Crippen molar-refractivity contribution in [1.29, 1.82) is 0 Å². The smallest absolute Gasteiger partial charge is 0.410 e. The zero-order valence-corrected chi connectivity index (χ0v) is 17.5. The number of aromatic amines is 1. The van der Waals surface area contributed by atoms with Gasteiger partial charge < -0.3 is 19.5 Å². The van der Waals surface area contributed by atoms with E-state index in [1.807, 2.05) is 26.2 Å². The Balaban J connectivity index is 1.57. The minimum Gasteiger partial charge on any atom is -0.444 e. The van der Waals surface area contributed by atoms with Crippen LogP contribution in [0, 0.1) is 5.92 Å². The van der Waals surface area contributed by atoms with Gasteiger partial charge in [-0.1, -0.05) is 0 Å². The number of carbonyl (C=O) groups is 2. The molecule has 2 aromatic rings. The van der Waals surface area contributed by atoms with Gasteiger partial charge in [0, 0.05) is 26.1 Å². The van der Waals surface area contributed by atoms with Crippen LogP contribution in [-0.2, 0) is 16.1 Å². The van der Waals surface area contributed by atoms with Gasteiger partial charge in [0.15, 0.2) is 0 Å². The Hall–Kier alpha value is -2.42. The molecule has 0 unspecified atom stereocenters. The lowest BCUT2D eigenvalue weighted by atomic mass is 9.95. The second-order valence-corrected chi connectivity index (χ2v) is 9.00. The summed E-state index contributed by atoms with van der Waals surface area (Å²) in [6.45, 7) is 6.74. The molecule has 9 heteroatoms. The van der Waals surface area contributed by atoms with Crippen molar-refractivity contribution in [3.63, 3.8) is 0 Å². The molecule has 1 N–H and O–H groups in total. The van der Waals surface area contributed by atoms with E-state index in [0.29, 0.717) is 42.0 Å². The largest absolute Gasteiger partial charge is 0.444 e. The molecule has 28 heavy (non-hydrogen) atoms. The number of carbonyl (C=O) groups excluding carboxylic acids is 2. The molecule has 1 aliphatic rings. The minimum absolute atomic E-state index is 0.00287. The van der Waals surface area contributed by atoms with Crippen LogP contribution < -0.4 is 5.56 Å². The first kappa shape index (κ1) is 20.3. The Morgan fingerprint density at radius 3 is 2.68 bits per heavy atom. The van der Waals surface area contributed by atoms with Crippen LogP contribution >= 0.6 is 11.3 Å². The maximum absolute atomic E-state index is 12.8. The number of likely N-dealkylation sites (tertiary alicyclic amines) is 1. The van der Waals surface area contributed by atoms with E-state index in [9.17, 15) is 14.4 Å².